The van der Waals surface area contributed by atoms with Gasteiger partial charge in [-0.25, -0.2) is 0 Å². The number of hydrogen-bond donors (Lipinski definition) is 2. The molecule has 0 amide bonds. The van der Waals surface area contributed by atoms with Crippen LogP contribution in [0.25, 0.3) is 0 Å². The zero-order valence-corrected chi connectivity index (χ0v) is 7.29. The van der Waals surface area contributed by atoms with E-state index in [9.17, 15) is 9.59 Å². The summed E-state index contributed by atoms with van der Waals surface area (Å²) in [6.07, 6.45) is 0.789. The number of fused-ring (bicyclic) bond motifs is 5. The van der Waals surface area contributed by atoms with Gasteiger partial charge in [-0.05, 0) is 6.42 Å². The molecule has 5 nitrogen and oxygen atoms in total. The molecule has 0 aromatic rings. The van der Waals surface area contributed by atoms with E-state index in [-0.39, 0.29) is 24.0 Å². The molecule has 1 saturated heterocycles. The van der Waals surface area contributed by atoms with Crippen molar-refractivity contribution < 1.29 is 24.5 Å². The third-order valence-electron chi connectivity index (χ3n) is 3.83. The number of carboxylic acid groups (broad SMARTS) is 2. The maximum atomic E-state index is 11.0. The van der Waals surface area contributed by atoms with Crippen LogP contribution in [0, 0.1) is 23.7 Å². The highest BCUT2D eigenvalue weighted by atomic mass is 16.6. The fraction of sp³-hybridized carbons (Fsp3) is 0.778. The van der Waals surface area contributed by atoms with Crippen molar-refractivity contribution in [2.75, 3.05) is 0 Å². The van der Waals surface area contributed by atoms with Gasteiger partial charge in [0.25, 0.3) is 0 Å². The molecule has 2 bridgehead atoms. The second-order valence-electron chi connectivity index (χ2n) is 4.36. The smallest absolute Gasteiger partial charge is 0.307 e. The van der Waals surface area contributed by atoms with Crippen molar-refractivity contribution in [1.29, 1.82) is 0 Å². The van der Waals surface area contributed by atoms with Crippen molar-refractivity contribution in [1.82, 2.24) is 0 Å². The average molecular weight is 198 g/mol. The second-order valence-corrected chi connectivity index (χ2v) is 4.36. The monoisotopic (exact) mass is 198 g/mol. The molecule has 3 aliphatic rings. The van der Waals surface area contributed by atoms with Crippen LogP contribution in [-0.4, -0.2) is 34.4 Å². The lowest BCUT2D eigenvalue weighted by atomic mass is 9.79. The van der Waals surface area contributed by atoms with Crippen LogP contribution in [0.3, 0.4) is 0 Å². The SMILES string of the molecule is O=C(O)C1C2CC(C3OC23)C1C(=O)O. The van der Waals surface area contributed by atoms with Gasteiger partial charge < -0.3 is 14.9 Å². The molecule has 0 aromatic heterocycles. The third kappa shape index (κ3) is 0.785. The van der Waals surface area contributed by atoms with Gasteiger partial charge in [0.15, 0.2) is 0 Å². The van der Waals surface area contributed by atoms with Gasteiger partial charge in [-0.3, -0.25) is 9.59 Å². The Balaban J connectivity index is 1.95. The normalized spacial score (nSPS) is 52.9. The van der Waals surface area contributed by atoms with Crippen molar-refractivity contribution in [2.24, 2.45) is 23.7 Å². The summed E-state index contributed by atoms with van der Waals surface area (Å²) in [5.74, 6) is -3.58. The van der Waals surface area contributed by atoms with Gasteiger partial charge in [0.1, 0.15) is 0 Å². The van der Waals surface area contributed by atoms with E-state index >= 15 is 0 Å². The van der Waals surface area contributed by atoms with Crippen molar-refractivity contribution in [2.45, 2.75) is 18.6 Å². The Kier molecular flexibility index (Phi) is 1.34. The second kappa shape index (κ2) is 2.28. The predicted octanol–water partition coefficient (Wildman–Crippen LogP) is -0.195. The van der Waals surface area contributed by atoms with E-state index in [0.29, 0.717) is 6.42 Å². The highest BCUT2D eigenvalue weighted by Crippen LogP contribution is 2.61. The van der Waals surface area contributed by atoms with E-state index in [1.54, 1.807) is 0 Å². The minimum absolute atomic E-state index is 0.0386. The van der Waals surface area contributed by atoms with Crippen LogP contribution < -0.4 is 0 Å². The molecule has 3 rings (SSSR count). The van der Waals surface area contributed by atoms with Crippen molar-refractivity contribution in [3.8, 4) is 0 Å². The van der Waals surface area contributed by atoms with Crippen LogP contribution in [0.1, 0.15) is 6.42 Å². The van der Waals surface area contributed by atoms with Crippen molar-refractivity contribution in [3.63, 3.8) is 0 Å². The van der Waals surface area contributed by atoms with E-state index in [1.807, 2.05) is 0 Å². The first-order valence-corrected chi connectivity index (χ1v) is 4.72. The number of epoxide rings is 1. The molecule has 6 atom stereocenters. The van der Waals surface area contributed by atoms with Gasteiger partial charge >= 0.3 is 11.9 Å². The Hall–Kier alpha value is -1.10. The van der Waals surface area contributed by atoms with Gasteiger partial charge in [-0.2, -0.15) is 0 Å². The first kappa shape index (κ1) is 8.23. The van der Waals surface area contributed by atoms with E-state index in [2.05, 4.69) is 0 Å². The van der Waals surface area contributed by atoms with Gasteiger partial charge in [0.2, 0.25) is 0 Å². The van der Waals surface area contributed by atoms with Gasteiger partial charge in [0, 0.05) is 11.8 Å². The summed E-state index contributed by atoms with van der Waals surface area (Å²) in [6.45, 7) is 0. The molecule has 0 spiro atoms. The number of hydrogen-bond acceptors (Lipinski definition) is 3. The highest BCUT2D eigenvalue weighted by Gasteiger charge is 2.70. The lowest BCUT2D eigenvalue weighted by molar-refractivity contribution is -0.155. The Bertz CT molecular complexity index is 295. The fourth-order valence-corrected chi connectivity index (χ4v) is 3.32. The molecule has 76 valence electrons. The summed E-state index contributed by atoms with van der Waals surface area (Å²) in [5, 5.41) is 17.9. The topological polar surface area (TPSA) is 87.1 Å². The summed E-state index contributed by atoms with van der Waals surface area (Å²) in [4.78, 5) is 21.9. The largest absolute Gasteiger partial charge is 0.481 e. The maximum absolute atomic E-state index is 11.0. The molecule has 5 heteroatoms. The lowest BCUT2D eigenvalue weighted by Gasteiger charge is -2.21. The Morgan fingerprint density at radius 3 is 1.79 bits per heavy atom. The van der Waals surface area contributed by atoms with Gasteiger partial charge in [-0.1, -0.05) is 0 Å². The minimum Gasteiger partial charge on any atom is -0.481 e. The summed E-state index contributed by atoms with van der Waals surface area (Å²) >= 11 is 0. The predicted molar refractivity (Wildman–Crippen MR) is 42.5 cm³/mol. The quantitative estimate of drug-likeness (QED) is 0.600. The van der Waals surface area contributed by atoms with E-state index in [1.165, 1.54) is 0 Å². The van der Waals surface area contributed by atoms with Crippen LogP contribution in [0.4, 0.5) is 0 Å². The van der Waals surface area contributed by atoms with E-state index in [4.69, 9.17) is 14.9 Å². The van der Waals surface area contributed by atoms with Crippen LogP contribution in [0.5, 0.6) is 0 Å². The zero-order chi connectivity index (χ0) is 10.0. The number of aliphatic carboxylic acids is 2. The molecule has 0 aromatic carbocycles. The van der Waals surface area contributed by atoms with Crippen LogP contribution in [0.15, 0.2) is 0 Å². The summed E-state index contributed by atoms with van der Waals surface area (Å²) in [5.41, 5.74) is 0. The highest BCUT2D eigenvalue weighted by molar-refractivity contribution is 5.82. The number of carboxylic acids is 2. The molecule has 6 unspecified atom stereocenters. The number of carbonyl (C=O) groups is 2. The molecule has 2 aliphatic carbocycles. The zero-order valence-electron chi connectivity index (χ0n) is 7.29. The maximum Gasteiger partial charge on any atom is 0.307 e. The molecule has 14 heavy (non-hydrogen) atoms. The molecule has 2 N–H and O–H groups in total. The first-order valence-electron chi connectivity index (χ1n) is 4.72. The van der Waals surface area contributed by atoms with Crippen LogP contribution in [0.2, 0.25) is 0 Å². The third-order valence-corrected chi connectivity index (χ3v) is 3.83. The molecule has 2 saturated carbocycles. The Morgan fingerprint density at radius 2 is 1.43 bits per heavy atom. The summed E-state index contributed by atoms with van der Waals surface area (Å²) in [6, 6.07) is 0. The van der Waals surface area contributed by atoms with E-state index < -0.39 is 23.8 Å². The molecule has 0 radical (unpaired) electrons. The van der Waals surface area contributed by atoms with E-state index in [0.717, 1.165) is 0 Å². The standard InChI is InChI=1S/C9H10O5/c10-8(11)4-2-1-3(5(4)9(12)13)7-6(2)14-7/h2-7H,1H2,(H,10,11)(H,12,13). The molecule has 1 heterocycles. The Labute approximate surface area is 79.7 Å². The fourth-order valence-electron chi connectivity index (χ4n) is 3.32. The minimum atomic E-state index is -0.987. The van der Waals surface area contributed by atoms with Crippen LogP contribution >= 0.6 is 0 Å². The first-order chi connectivity index (χ1) is 6.61. The molecular formula is C9H10O5. The molecular weight excluding hydrogens is 188 g/mol. The molecule has 1 aliphatic heterocycles. The van der Waals surface area contributed by atoms with Crippen LogP contribution in [-0.2, 0) is 14.3 Å². The van der Waals surface area contributed by atoms with Gasteiger partial charge in [-0.15, -0.1) is 0 Å². The summed E-state index contributed by atoms with van der Waals surface area (Å²) in [7, 11) is 0. The summed E-state index contributed by atoms with van der Waals surface area (Å²) < 4.78 is 5.27. The lowest BCUT2D eigenvalue weighted by Crippen LogP contribution is -2.37. The number of rotatable bonds is 2. The van der Waals surface area contributed by atoms with Crippen molar-refractivity contribution >= 4 is 11.9 Å². The number of ether oxygens (including phenoxy) is 1. The Morgan fingerprint density at radius 1 is 1.00 bits per heavy atom. The average Bonchev–Trinajstić information content (AvgIpc) is 2.71. The van der Waals surface area contributed by atoms with Crippen molar-refractivity contribution in [3.05, 3.63) is 0 Å². The molecule has 3 fully saturated rings. The van der Waals surface area contributed by atoms with Gasteiger partial charge in [0.05, 0.1) is 24.0 Å².